The van der Waals surface area contributed by atoms with Gasteiger partial charge < -0.3 is 15.0 Å². The maximum absolute atomic E-state index is 14.3. The molecule has 0 aliphatic rings. The summed E-state index contributed by atoms with van der Waals surface area (Å²) in [6.45, 7) is 11.3. The maximum Gasteiger partial charge on any atom is 0.264 e. The van der Waals surface area contributed by atoms with E-state index in [0.717, 1.165) is 27.4 Å². The molecule has 226 valence electrons. The molecule has 3 aromatic rings. The van der Waals surface area contributed by atoms with E-state index >= 15 is 0 Å². The molecule has 9 heteroatoms. The first-order valence-electron chi connectivity index (χ1n) is 14.5. The Morgan fingerprint density at radius 2 is 1.57 bits per heavy atom. The number of ether oxygens (including phenoxy) is 1. The van der Waals surface area contributed by atoms with Crippen molar-refractivity contribution < 1.29 is 22.7 Å². The number of benzene rings is 3. The van der Waals surface area contributed by atoms with Crippen molar-refractivity contribution in [3.8, 4) is 5.75 Å². The van der Waals surface area contributed by atoms with Crippen LogP contribution < -0.4 is 14.4 Å². The molecule has 0 spiro atoms. The Hall–Kier alpha value is -3.85. The molecule has 3 rings (SSSR count). The van der Waals surface area contributed by atoms with E-state index in [0.29, 0.717) is 18.8 Å². The zero-order valence-electron chi connectivity index (χ0n) is 25.5. The van der Waals surface area contributed by atoms with Crippen molar-refractivity contribution in [3.05, 3.63) is 89.5 Å². The van der Waals surface area contributed by atoms with Gasteiger partial charge in [-0.25, -0.2) is 8.42 Å². The molecular weight excluding hydrogens is 550 g/mol. The van der Waals surface area contributed by atoms with Crippen LogP contribution in [0.25, 0.3) is 0 Å². The summed E-state index contributed by atoms with van der Waals surface area (Å²) in [5, 5.41) is 3.00. The van der Waals surface area contributed by atoms with E-state index in [2.05, 4.69) is 5.32 Å². The van der Waals surface area contributed by atoms with Gasteiger partial charge in [0.1, 0.15) is 18.3 Å². The van der Waals surface area contributed by atoms with Gasteiger partial charge in [0, 0.05) is 12.6 Å². The molecule has 3 aromatic carbocycles. The second-order valence-corrected chi connectivity index (χ2v) is 12.3. The highest BCUT2D eigenvalue weighted by atomic mass is 32.2. The highest BCUT2D eigenvalue weighted by molar-refractivity contribution is 7.92. The third kappa shape index (κ3) is 8.12. The molecule has 42 heavy (non-hydrogen) atoms. The van der Waals surface area contributed by atoms with Gasteiger partial charge in [0.2, 0.25) is 11.8 Å². The van der Waals surface area contributed by atoms with Crippen LogP contribution in [0.3, 0.4) is 0 Å². The Balaban J connectivity index is 2.11. The van der Waals surface area contributed by atoms with E-state index in [1.807, 2.05) is 65.8 Å². The number of nitrogens with one attached hydrogen (secondary N) is 1. The number of anilines is 1. The molecule has 0 radical (unpaired) electrons. The van der Waals surface area contributed by atoms with Crippen molar-refractivity contribution in [1.29, 1.82) is 0 Å². The number of carbonyl (C=O) groups is 2. The molecule has 0 aromatic heterocycles. The number of rotatable bonds is 14. The predicted octanol–water partition coefficient (Wildman–Crippen LogP) is 5.62. The molecular formula is C33H43N3O5S. The lowest BCUT2D eigenvalue weighted by atomic mass is 10.1. The summed E-state index contributed by atoms with van der Waals surface area (Å²) >= 11 is 0. The number of hydrogen-bond acceptors (Lipinski definition) is 5. The van der Waals surface area contributed by atoms with Crippen LogP contribution >= 0.6 is 0 Å². The number of aryl methyl sites for hydroxylation is 2. The van der Waals surface area contributed by atoms with Gasteiger partial charge in [-0.15, -0.1) is 0 Å². The fourth-order valence-electron chi connectivity index (χ4n) is 4.66. The van der Waals surface area contributed by atoms with Crippen LogP contribution in [0, 0.1) is 13.8 Å². The summed E-state index contributed by atoms with van der Waals surface area (Å²) < 4.78 is 35.2. The SMILES string of the molecule is CCOc1ccccc1N(CC(=O)N(Cc1cccc(C)c1)[C@H](CC)C(=O)N[C@H](C)CC)S(=O)(=O)c1ccc(C)cc1. The number of amides is 2. The molecule has 2 amide bonds. The average molecular weight is 594 g/mol. The third-order valence-electron chi connectivity index (χ3n) is 7.14. The molecule has 0 saturated heterocycles. The topological polar surface area (TPSA) is 96.0 Å². The van der Waals surface area contributed by atoms with Gasteiger partial charge in [-0.1, -0.05) is 73.5 Å². The minimum atomic E-state index is -4.19. The highest BCUT2D eigenvalue weighted by Crippen LogP contribution is 2.33. The van der Waals surface area contributed by atoms with Gasteiger partial charge in [-0.2, -0.15) is 0 Å². The van der Waals surface area contributed by atoms with Gasteiger partial charge in [-0.05, 0) is 70.4 Å². The first-order valence-corrected chi connectivity index (χ1v) is 15.9. The van der Waals surface area contributed by atoms with Crippen LogP contribution in [-0.2, 0) is 26.2 Å². The standard InChI is InChI=1S/C33H43N3O5S/c1-7-26(6)34-33(38)29(8-2)35(22-27-14-12-13-25(5)21-27)32(37)23-36(30-15-10-11-16-31(30)41-9-3)42(39,40)28-19-17-24(4)18-20-28/h10-21,26,29H,7-9,22-23H2,1-6H3,(H,34,38)/t26-,29-/m1/s1. The third-order valence-corrected chi connectivity index (χ3v) is 8.92. The van der Waals surface area contributed by atoms with Crippen LogP contribution in [0.1, 0.15) is 57.2 Å². The van der Waals surface area contributed by atoms with Gasteiger partial charge in [-0.3, -0.25) is 13.9 Å². The quantitative estimate of drug-likeness (QED) is 0.262. The Morgan fingerprint density at radius 3 is 2.19 bits per heavy atom. The van der Waals surface area contributed by atoms with Crippen molar-refractivity contribution in [1.82, 2.24) is 10.2 Å². The lowest BCUT2D eigenvalue weighted by molar-refractivity contribution is -0.140. The Labute approximate surface area is 250 Å². The van der Waals surface area contributed by atoms with E-state index < -0.39 is 28.5 Å². The summed E-state index contributed by atoms with van der Waals surface area (Å²) in [6.07, 6.45) is 1.10. The van der Waals surface area contributed by atoms with Crippen LogP contribution in [0.4, 0.5) is 5.69 Å². The van der Waals surface area contributed by atoms with Crippen molar-refractivity contribution in [2.45, 2.75) is 77.9 Å². The molecule has 0 saturated carbocycles. The summed E-state index contributed by atoms with van der Waals surface area (Å²) in [6, 6.07) is 20.1. The molecule has 0 aliphatic heterocycles. The number of nitrogens with zero attached hydrogens (tertiary/aromatic N) is 2. The van der Waals surface area contributed by atoms with Crippen LogP contribution in [-0.4, -0.2) is 50.4 Å². The number of para-hydroxylation sites is 2. The molecule has 1 N–H and O–H groups in total. The monoisotopic (exact) mass is 593 g/mol. The lowest BCUT2D eigenvalue weighted by Crippen LogP contribution is -2.53. The van der Waals surface area contributed by atoms with E-state index in [1.54, 1.807) is 36.4 Å². The van der Waals surface area contributed by atoms with Gasteiger partial charge in [0.15, 0.2) is 0 Å². The first-order chi connectivity index (χ1) is 20.0. The van der Waals surface area contributed by atoms with Crippen molar-refractivity contribution in [2.75, 3.05) is 17.5 Å². The summed E-state index contributed by atoms with van der Waals surface area (Å²) in [5.41, 5.74) is 3.03. The zero-order valence-corrected chi connectivity index (χ0v) is 26.3. The second kappa shape index (κ2) is 14.9. The Bertz CT molecular complexity index is 1460. The molecule has 8 nitrogen and oxygen atoms in total. The van der Waals surface area contributed by atoms with Crippen LogP contribution in [0.15, 0.2) is 77.7 Å². The van der Waals surface area contributed by atoms with E-state index in [-0.39, 0.29) is 29.1 Å². The van der Waals surface area contributed by atoms with Crippen molar-refractivity contribution in [2.24, 2.45) is 0 Å². The van der Waals surface area contributed by atoms with Crippen molar-refractivity contribution >= 4 is 27.5 Å². The van der Waals surface area contributed by atoms with E-state index in [4.69, 9.17) is 4.74 Å². The Morgan fingerprint density at radius 1 is 0.881 bits per heavy atom. The van der Waals surface area contributed by atoms with Gasteiger partial charge in [0.25, 0.3) is 10.0 Å². The smallest absolute Gasteiger partial charge is 0.264 e. The van der Waals surface area contributed by atoms with Crippen LogP contribution in [0.2, 0.25) is 0 Å². The highest BCUT2D eigenvalue weighted by Gasteiger charge is 2.35. The molecule has 0 bridgehead atoms. The van der Waals surface area contributed by atoms with Gasteiger partial charge in [0.05, 0.1) is 17.2 Å². The Kier molecular flexibility index (Phi) is 11.6. The minimum Gasteiger partial charge on any atom is -0.492 e. The fourth-order valence-corrected chi connectivity index (χ4v) is 6.08. The van der Waals surface area contributed by atoms with Crippen LogP contribution in [0.5, 0.6) is 5.75 Å². The second-order valence-electron chi connectivity index (χ2n) is 10.5. The number of carbonyl (C=O) groups excluding carboxylic acids is 2. The summed E-state index contributed by atoms with van der Waals surface area (Å²) in [5.74, 6) is -0.421. The summed E-state index contributed by atoms with van der Waals surface area (Å²) in [7, 11) is -4.19. The normalized spacial score (nSPS) is 12.7. The molecule has 0 aliphatic carbocycles. The van der Waals surface area contributed by atoms with Gasteiger partial charge >= 0.3 is 0 Å². The summed E-state index contributed by atoms with van der Waals surface area (Å²) in [4.78, 5) is 29.3. The minimum absolute atomic E-state index is 0.0546. The maximum atomic E-state index is 14.3. The largest absolute Gasteiger partial charge is 0.492 e. The molecule has 0 fully saturated rings. The average Bonchev–Trinajstić information content (AvgIpc) is 2.96. The first kappa shape index (κ1) is 32.7. The number of hydrogen-bond donors (Lipinski definition) is 1. The lowest BCUT2D eigenvalue weighted by Gasteiger charge is -2.34. The van der Waals surface area contributed by atoms with E-state index in [9.17, 15) is 18.0 Å². The van der Waals surface area contributed by atoms with E-state index in [1.165, 1.54) is 17.0 Å². The zero-order chi connectivity index (χ0) is 30.9. The fraction of sp³-hybridized carbons (Fsp3) is 0.394. The molecule has 2 atom stereocenters. The van der Waals surface area contributed by atoms with Crippen molar-refractivity contribution in [3.63, 3.8) is 0 Å². The predicted molar refractivity (Wildman–Crippen MR) is 167 cm³/mol. The number of sulfonamides is 1. The molecule has 0 heterocycles. The molecule has 0 unspecified atom stereocenters.